The van der Waals surface area contributed by atoms with E-state index in [0.717, 1.165) is 0 Å². The van der Waals surface area contributed by atoms with E-state index < -0.39 is 24.3 Å². The highest BCUT2D eigenvalue weighted by atomic mass is 19.4. The number of nitrogens with one attached hydrogen (secondary N) is 2. The van der Waals surface area contributed by atoms with E-state index in [9.17, 15) is 18.0 Å². The average molecular weight is 282 g/mol. The number of hydrogen-bond donors (Lipinski definition) is 2. The molecule has 2 N–H and O–H groups in total. The van der Waals surface area contributed by atoms with Crippen LogP contribution in [-0.2, 0) is 4.74 Å². The summed E-state index contributed by atoms with van der Waals surface area (Å²) in [7, 11) is 0. The summed E-state index contributed by atoms with van der Waals surface area (Å²) in [5.41, 5.74) is -0.543. The second kappa shape index (κ2) is 5.98. The van der Waals surface area contributed by atoms with E-state index in [4.69, 9.17) is 4.74 Å². The summed E-state index contributed by atoms with van der Waals surface area (Å²) in [6.07, 6.45) is -4.15. The van der Waals surface area contributed by atoms with Gasteiger partial charge in [-0.25, -0.2) is 4.79 Å². The quantitative estimate of drug-likeness (QED) is 0.833. The molecule has 1 saturated carbocycles. The topological polar surface area (TPSA) is 50.4 Å². The van der Waals surface area contributed by atoms with Gasteiger partial charge in [-0.05, 0) is 33.6 Å². The van der Waals surface area contributed by atoms with E-state index in [2.05, 4.69) is 10.6 Å². The predicted octanol–water partition coefficient (Wildman–Crippen LogP) is 2.58. The van der Waals surface area contributed by atoms with Crippen LogP contribution in [0.3, 0.4) is 0 Å². The van der Waals surface area contributed by atoms with Crippen LogP contribution < -0.4 is 10.6 Å². The van der Waals surface area contributed by atoms with E-state index in [1.807, 2.05) is 0 Å². The molecule has 19 heavy (non-hydrogen) atoms. The minimum absolute atomic E-state index is 0.0155. The Kier molecular flexibility index (Phi) is 5.06. The van der Waals surface area contributed by atoms with Crippen molar-refractivity contribution in [3.8, 4) is 0 Å². The molecule has 1 rings (SSSR count). The first kappa shape index (κ1) is 16.1. The van der Waals surface area contributed by atoms with Crippen molar-refractivity contribution in [2.24, 2.45) is 0 Å². The largest absolute Gasteiger partial charge is 0.444 e. The van der Waals surface area contributed by atoms with Crippen LogP contribution in [0.15, 0.2) is 0 Å². The summed E-state index contributed by atoms with van der Waals surface area (Å²) in [5, 5.41) is 5.50. The molecule has 0 bridgehead atoms. The number of alkyl halides is 3. The standard InChI is InChI=1S/C12H21F3N2O2/c1-11(2,3)19-10(18)17-9-6-8(7-9)16-5-4-12(13,14)15/h8-9,16H,4-7H2,1-3H3,(H,17,18). The summed E-state index contributed by atoms with van der Waals surface area (Å²) in [6, 6.07) is 0.0283. The van der Waals surface area contributed by atoms with Crippen LogP contribution in [-0.4, -0.2) is 36.5 Å². The lowest BCUT2D eigenvalue weighted by molar-refractivity contribution is -0.133. The van der Waals surface area contributed by atoms with Gasteiger partial charge in [0.2, 0.25) is 0 Å². The first-order valence-corrected chi connectivity index (χ1v) is 6.35. The minimum Gasteiger partial charge on any atom is -0.444 e. The van der Waals surface area contributed by atoms with Gasteiger partial charge in [0.05, 0.1) is 6.42 Å². The molecule has 0 aromatic carbocycles. The molecule has 0 heterocycles. The first-order chi connectivity index (χ1) is 8.55. The number of carbonyl (C=O) groups is 1. The number of ether oxygens (including phenoxy) is 1. The number of hydrogen-bond acceptors (Lipinski definition) is 3. The number of amides is 1. The van der Waals surface area contributed by atoms with E-state index in [-0.39, 0.29) is 18.6 Å². The number of carbonyl (C=O) groups excluding carboxylic acids is 1. The zero-order valence-electron chi connectivity index (χ0n) is 11.4. The van der Waals surface area contributed by atoms with Crippen LogP contribution in [0.4, 0.5) is 18.0 Å². The van der Waals surface area contributed by atoms with Crippen molar-refractivity contribution in [3.63, 3.8) is 0 Å². The molecule has 0 unspecified atom stereocenters. The van der Waals surface area contributed by atoms with Gasteiger partial charge in [-0.2, -0.15) is 13.2 Å². The fourth-order valence-corrected chi connectivity index (χ4v) is 1.79. The van der Waals surface area contributed by atoms with E-state index >= 15 is 0 Å². The Morgan fingerprint density at radius 2 is 1.79 bits per heavy atom. The van der Waals surface area contributed by atoms with Crippen LogP contribution in [0.25, 0.3) is 0 Å². The van der Waals surface area contributed by atoms with Gasteiger partial charge >= 0.3 is 12.3 Å². The Balaban J connectivity index is 2.09. The first-order valence-electron chi connectivity index (χ1n) is 6.35. The Bertz CT molecular complexity index is 307. The summed E-state index contributed by atoms with van der Waals surface area (Å²) < 4.78 is 40.8. The van der Waals surface area contributed by atoms with Crippen LogP contribution in [0.5, 0.6) is 0 Å². The molecule has 0 saturated heterocycles. The van der Waals surface area contributed by atoms with Gasteiger partial charge in [0, 0.05) is 18.6 Å². The summed E-state index contributed by atoms with van der Waals surface area (Å²) in [6.45, 7) is 5.24. The lowest BCUT2D eigenvalue weighted by atomic mass is 9.87. The summed E-state index contributed by atoms with van der Waals surface area (Å²) in [5.74, 6) is 0. The molecule has 4 nitrogen and oxygen atoms in total. The van der Waals surface area contributed by atoms with E-state index in [1.165, 1.54) is 0 Å². The Morgan fingerprint density at radius 3 is 2.26 bits per heavy atom. The van der Waals surface area contributed by atoms with Crippen molar-refractivity contribution in [3.05, 3.63) is 0 Å². The zero-order chi connectivity index (χ0) is 14.7. The highest BCUT2D eigenvalue weighted by Crippen LogP contribution is 2.22. The van der Waals surface area contributed by atoms with Crippen LogP contribution >= 0.6 is 0 Å². The molecule has 112 valence electrons. The lowest BCUT2D eigenvalue weighted by Gasteiger charge is -2.36. The maximum absolute atomic E-state index is 11.9. The molecule has 1 aliphatic rings. The molecular weight excluding hydrogens is 261 g/mol. The van der Waals surface area contributed by atoms with Gasteiger partial charge in [0.1, 0.15) is 5.60 Å². The van der Waals surface area contributed by atoms with Crippen LogP contribution in [0, 0.1) is 0 Å². The molecule has 1 aliphatic carbocycles. The van der Waals surface area contributed by atoms with Crippen molar-refractivity contribution >= 4 is 6.09 Å². The Hall–Kier alpha value is -0.980. The summed E-state index contributed by atoms with van der Waals surface area (Å²) in [4.78, 5) is 11.4. The van der Waals surface area contributed by atoms with Gasteiger partial charge in [0.15, 0.2) is 0 Å². The molecule has 1 amide bonds. The molecule has 0 spiro atoms. The number of halogens is 3. The van der Waals surface area contributed by atoms with Crippen molar-refractivity contribution < 1.29 is 22.7 Å². The van der Waals surface area contributed by atoms with Crippen LogP contribution in [0.1, 0.15) is 40.0 Å². The average Bonchev–Trinajstić information content (AvgIpc) is 2.08. The predicted molar refractivity (Wildman–Crippen MR) is 64.9 cm³/mol. The molecule has 0 aromatic heterocycles. The van der Waals surface area contributed by atoms with Gasteiger partial charge in [-0.3, -0.25) is 0 Å². The van der Waals surface area contributed by atoms with Gasteiger partial charge in [0.25, 0.3) is 0 Å². The van der Waals surface area contributed by atoms with Gasteiger partial charge in [-0.15, -0.1) is 0 Å². The van der Waals surface area contributed by atoms with E-state index in [0.29, 0.717) is 12.8 Å². The smallest absolute Gasteiger partial charge is 0.407 e. The second-order valence-corrected chi connectivity index (χ2v) is 5.83. The Morgan fingerprint density at radius 1 is 1.21 bits per heavy atom. The van der Waals surface area contributed by atoms with Crippen LogP contribution in [0.2, 0.25) is 0 Å². The maximum Gasteiger partial charge on any atom is 0.407 e. The molecule has 0 aromatic rings. The third-order valence-corrected chi connectivity index (χ3v) is 2.70. The number of alkyl carbamates (subject to hydrolysis) is 1. The highest BCUT2D eigenvalue weighted by molar-refractivity contribution is 5.68. The fourth-order valence-electron chi connectivity index (χ4n) is 1.79. The van der Waals surface area contributed by atoms with Gasteiger partial charge in [-0.1, -0.05) is 0 Å². The maximum atomic E-state index is 11.9. The number of rotatable bonds is 4. The van der Waals surface area contributed by atoms with Crippen molar-refractivity contribution in [2.45, 2.75) is 63.9 Å². The van der Waals surface area contributed by atoms with Crippen molar-refractivity contribution in [1.82, 2.24) is 10.6 Å². The van der Waals surface area contributed by atoms with Gasteiger partial charge < -0.3 is 15.4 Å². The monoisotopic (exact) mass is 282 g/mol. The third kappa shape index (κ3) is 7.25. The SMILES string of the molecule is CC(C)(C)OC(=O)NC1CC(NCCC(F)(F)F)C1. The van der Waals surface area contributed by atoms with E-state index in [1.54, 1.807) is 20.8 Å². The summed E-state index contributed by atoms with van der Waals surface area (Å²) >= 11 is 0. The highest BCUT2D eigenvalue weighted by Gasteiger charge is 2.32. The normalized spacial score (nSPS) is 23.7. The minimum atomic E-state index is -4.12. The van der Waals surface area contributed by atoms with Crippen molar-refractivity contribution in [1.29, 1.82) is 0 Å². The third-order valence-electron chi connectivity index (χ3n) is 2.70. The molecule has 0 aliphatic heterocycles. The molecule has 0 radical (unpaired) electrons. The molecule has 1 fully saturated rings. The van der Waals surface area contributed by atoms with Crippen molar-refractivity contribution in [2.75, 3.05) is 6.54 Å². The second-order valence-electron chi connectivity index (χ2n) is 5.83. The molecule has 7 heteroatoms. The fraction of sp³-hybridized carbons (Fsp3) is 0.917. The lowest BCUT2D eigenvalue weighted by Crippen LogP contribution is -2.53. The Labute approximate surface area is 111 Å². The zero-order valence-corrected chi connectivity index (χ0v) is 11.4. The molecule has 0 atom stereocenters. The molecular formula is C12H21F3N2O2.